The molecule has 130 valence electrons. The van der Waals surface area contributed by atoms with Crippen LogP contribution in [0.15, 0.2) is 24.3 Å². The fourth-order valence-corrected chi connectivity index (χ4v) is 2.35. The Labute approximate surface area is 143 Å². The van der Waals surface area contributed by atoms with Crippen LogP contribution in [-0.2, 0) is 4.74 Å². The first-order valence-electron chi connectivity index (χ1n) is 8.32. The zero-order valence-electron chi connectivity index (χ0n) is 15.0. The highest BCUT2D eigenvalue weighted by molar-refractivity contribution is 5.93. The predicted molar refractivity (Wildman–Crippen MR) is 93.4 cm³/mol. The molecular formula is C18H26N4O2. The molecule has 0 spiro atoms. The summed E-state index contributed by atoms with van der Waals surface area (Å²) in [6.45, 7) is 11.0. The van der Waals surface area contributed by atoms with Crippen molar-refractivity contribution in [2.75, 3.05) is 13.2 Å². The van der Waals surface area contributed by atoms with E-state index in [1.165, 1.54) is 5.56 Å². The number of aromatic nitrogens is 3. The lowest BCUT2D eigenvalue weighted by Crippen LogP contribution is -2.42. The van der Waals surface area contributed by atoms with Crippen molar-refractivity contribution in [3.8, 4) is 5.69 Å². The first kappa shape index (κ1) is 18.1. The molecule has 0 aliphatic carbocycles. The van der Waals surface area contributed by atoms with E-state index in [-0.39, 0.29) is 17.9 Å². The van der Waals surface area contributed by atoms with E-state index in [2.05, 4.69) is 29.5 Å². The highest BCUT2D eigenvalue weighted by Gasteiger charge is 2.22. The van der Waals surface area contributed by atoms with Crippen molar-refractivity contribution >= 4 is 5.91 Å². The predicted octanol–water partition coefficient (Wildman–Crippen LogP) is 2.68. The third-order valence-electron chi connectivity index (χ3n) is 4.01. The van der Waals surface area contributed by atoms with E-state index in [1.807, 2.05) is 45.0 Å². The molecule has 0 unspecified atom stereocenters. The quantitative estimate of drug-likeness (QED) is 0.847. The third kappa shape index (κ3) is 4.20. The van der Waals surface area contributed by atoms with Gasteiger partial charge in [0.15, 0.2) is 5.69 Å². The molecule has 1 heterocycles. The minimum atomic E-state index is -0.218. The number of carbonyl (C=O) groups is 1. The zero-order valence-corrected chi connectivity index (χ0v) is 15.0. The Morgan fingerprint density at radius 3 is 2.50 bits per heavy atom. The molecule has 6 nitrogen and oxygen atoms in total. The maximum atomic E-state index is 12.6. The Morgan fingerprint density at radius 1 is 1.25 bits per heavy atom. The maximum Gasteiger partial charge on any atom is 0.274 e. The number of aryl methyl sites for hydroxylation is 1. The normalized spacial score (nSPS) is 12.4. The average molecular weight is 330 g/mol. The number of nitrogens with zero attached hydrogens (tertiary/aromatic N) is 3. The number of ether oxygens (including phenoxy) is 1. The van der Waals surface area contributed by atoms with E-state index in [9.17, 15) is 4.79 Å². The van der Waals surface area contributed by atoms with E-state index in [0.717, 1.165) is 11.4 Å². The van der Waals surface area contributed by atoms with Gasteiger partial charge in [-0.05, 0) is 38.8 Å². The number of carbonyl (C=O) groups excluding carboxylic acids is 1. The summed E-state index contributed by atoms with van der Waals surface area (Å²) in [7, 11) is 0. The first-order chi connectivity index (χ1) is 11.4. The first-order valence-corrected chi connectivity index (χ1v) is 8.32. The highest BCUT2D eigenvalue weighted by atomic mass is 16.5. The molecule has 24 heavy (non-hydrogen) atoms. The monoisotopic (exact) mass is 330 g/mol. The van der Waals surface area contributed by atoms with Gasteiger partial charge in [0.25, 0.3) is 5.91 Å². The van der Waals surface area contributed by atoms with Crippen molar-refractivity contribution in [3.63, 3.8) is 0 Å². The molecule has 0 saturated carbocycles. The molecule has 1 amide bonds. The molecule has 1 N–H and O–H groups in total. The summed E-state index contributed by atoms with van der Waals surface area (Å²) in [6, 6.07) is 7.89. The largest absolute Gasteiger partial charge is 0.380 e. The fraction of sp³-hybridized carbons (Fsp3) is 0.500. The lowest BCUT2D eigenvalue weighted by molar-refractivity contribution is 0.0801. The van der Waals surface area contributed by atoms with Crippen molar-refractivity contribution in [2.45, 2.75) is 40.7 Å². The van der Waals surface area contributed by atoms with Gasteiger partial charge in [-0.15, -0.1) is 5.10 Å². The molecule has 1 aromatic heterocycles. The van der Waals surface area contributed by atoms with E-state index >= 15 is 0 Å². The van der Waals surface area contributed by atoms with Crippen LogP contribution in [0, 0.1) is 19.8 Å². The fourth-order valence-electron chi connectivity index (χ4n) is 2.35. The van der Waals surface area contributed by atoms with Crippen LogP contribution in [-0.4, -0.2) is 40.2 Å². The van der Waals surface area contributed by atoms with Crippen LogP contribution in [0.25, 0.3) is 5.69 Å². The van der Waals surface area contributed by atoms with Gasteiger partial charge in [0, 0.05) is 6.61 Å². The number of hydrogen-bond donors (Lipinski definition) is 1. The van der Waals surface area contributed by atoms with Crippen molar-refractivity contribution in [2.24, 2.45) is 5.92 Å². The van der Waals surface area contributed by atoms with E-state index in [0.29, 0.717) is 18.9 Å². The Morgan fingerprint density at radius 2 is 1.92 bits per heavy atom. The van der Waals surface area contributed by atoms with Crippen molar-refractivity contribution in [1.29, 1.82) is 0 Å². The van der Waals surface area contributed by atoms with E-state index in [1.54, 1.807) is 4.68 Å². The van der Waals surface area contributed by atoms with Crippen LogP contribution in [0.3, 0.4) is 0 Å². The zero-order chi connectivity index (χ0) is 17.7. The molecule has 0 aliphatic rings. The molecule has 2 aromatic rings. The molecule has 6 heteroatoms. The summed E-state index contributed by atoms with van der Waals surface area (Å²) in [4.78, 5) is 12.6. The van der Waals surface area contributed by atoms with Crippen molar-refractivity contribution in [3.05, 3.63) is 41.2 Å². The molecule has 1 aromatic carbocycles. The summed E-state index contributed by atoms with van der Waals surface area (Å²) >= 11 is 0. The van der Waals surface area contributed by atoms with Gasteiger partial charge in [0.2, 0.25) is 0 Å². The second kappa shape index (κ2) is 8.06. The minimum Gasteiger partial charge on any atom is -0.380 e. The highest BCUT2D eigenvalue weighted by Crippen LogP contribution is 2.13. The Bertz CT molecular complexity index is 677. The molecule has 1 atom stereocenters. The summed E-state index contributed by atoms with van der Waals surface area (Å²) in [6.07, 6.45) is 0. The van der Waals surface area contributed by atoms with Gasteiger partial charge < -0.3 is 10.1 Å². The molecule has 0 aliphatic heterocycles. The van der Waals surface area contributed by atoms with Crippen LogP contribution in [0.5, 0.6) is 0 Å². The number of nitrogens with one attached hydrogen (secondary N) is 1. The van der Waals surface area contributed by atoms with Gasteiger partial charge in [-0.1, -0.05) is 36.8 Å². The second-order valence-corrected chi connectivity index (χ2v) is 6.25. The van der Waals surface area contributed by atoms with Crippen LogP contribution in [0.4, 0.5) is 0 Å². The standard InChI is InChI=1S/C18H26N4O2/c1-6-24-11-16(12(2)3)19-18(23)17-14(5)22(21-20-17)15-9-7-13(4)8-10-15/h7-10,12,16H,6,11H2,1-5H3,(H,19,23)/t16-/m1/s1. The minimum absolute atomic E-state index is 0.0543. The molecule has 0 radical (unpaired) electrons. The second-order valence-electron chi connectivity index (χ2n) is 6.25. The lowest BCUT2D eigenvalue weighted by Gasteiger charge is -2.21. The average Bonchev–Trinajstić information content (AvgIpc) is 2.93. The van der Waals surface area contributed by atoms with Crippen LogP contribution in [0.1, 0.15) is 42.5 Å². The van der Waals surface area contributed by atoms with Gasteiger partial charge in [0.1, 0.15) is 0 Å². The molecule has 2 rings (SSSR count). The van der Waals surface area contributed by atoms with E-state index in [4.69, 9.17) is 4.74 Å². The third-order valence-corrected chi connectivity index (χ3v) is 4.01. The summed E-state index contributed by atoms with van der Waals surface area (Å²) in [5, 5.41) is 11.2. The number of hydrogen-bond acceptors (Lipinski definition) is 4. The Balaban J connectivity index is 2.17. The van der Waals surface area contributed by atoms with Gasteiger partial charge in [0.05, 0.1) is 24.0 Å². The van der Waals surface area contributed by atoms with Crippen molar-refractivity contribution < 1.29 is 9.53 Å². The van der Waals surface area contributed by atoms with Crippen molar-refractivity contribution in [1.82, 2.24) is 20.3 Å². The van der Waals surface area contributed by atoms with Crippen LogP contribution >= 0.6 is 0 Å². The van der Waals surface area contributed by atoms with Gasteiger partial charge in [-0.2, -0.15) is 0 Å². The Kier molecular flexibility index (Phi) is 6.09. The lowest BCUT2D eigenvalue weighted by atomic mass is 10.1. The SMILES string of the molecule is CCOC[C@@H](NC(=O)c1nnn(-c2ccc(C)cc2)c1C)C(C)C. The summed E-state index contributed by atoms with van der Waals surface area (Å²) in [5.74, 6) is 0.0530. The molecular weight excluding hydrogens is 304 g/mol. The van der Waals surface area contributed by atoms with Gasteiger partial charge >= 0.3 is 0 Å². The van der Waals surface area contributed by atoms with E-state index < -0.39 is 0 Å². The van der Waals surface area contributed by atoms with Gasteiger partial charge in [-0.3, -0.25) is 4.79 Å². The summed E-state index contributed by atoms with van der Waals surface area (Å²) < 4.78 is 7.14. The topological polar surface area (TPSA) is 69.0 Å². The molecule has 0 bridgehead atoms. The number of amides is 1. The molecule has 0 fully saturated rings. The summed E-state index contributed by atoms with van der Waals surface area (Å²) in [5.41, 5.74) is 3.12. The number of rotatable bonds is 7. The van der Waals surface area contributed by atoms with Crippen LogP contribution in [0.2, 0.25) is 0 Å². The molecule has 0 saturated heterocycles. The smallest absolute Gasteiger partial charge is 0.274 e. The maximum absolute atomic E-state index is 12.6. The van der Waals surface area contributed by atoms with Gasteiger partial charge in [-0.25, -0.2) is 4.68 Å². The number of benzene rings is 1. The van der Waals surface area contributed by atoms with Crippen LogP contribution < -0.4 is 5.32 Å². The Hall–Kier alpha value is -2.21.